The lowest BCUT2D eigenvalue weighted by Crippen LogP contribution is -2.09. The van der Waals surface area contributed by atoms with Crippen LogP contribution in [-0.4, -0.2) is 12.1 Å². The fraction of sp³-hybridized carbons (Fsp3) is 0.133. The molecule has 21 heavy (non-hydrogen) atoms. The molecule has 0 atom stereocenters. The monoisotopic (exact) mass is 325 g/mol. The smallest absolute Gasteiger partial charge is 0.161 e. The molecule has 0 aromatic heterocycles. The lowest BCUT2D eigenvalue weighted by Gasteiger charge is -2.13. The maximum Gasteiger partial charge on any atom is 0.161 e. The van der Waals surface area contributed by atoms with Gasteiger partial charge in [0.2, 0.25) is 0 Å². The Kier molecular flexibility index (Phi) is 4.98. The second-order valence-electron chi connectivity index (χ2n) is 4.22. The van der Waals surface area contributed by atoms with Gasteiger partial charge in [0.1, 0.15) is 17.4 Å². The predicted molar refractivity (Wildman–Crippen MR) is 84.6 cm³/mol. The molecule has 0 amide bonds. The maximum absolute atomic E-state index is 13.7. The van der Waals surface area contributed by atoms with Gasteiger partial charge in [-0.2, -0.15) is 0 Å². The quantitative estimate of drug-likeness (QED) is 0.851. The SMILES string of the molecule is COc1cc(C(N)=S)ccc1OCc1c(F)cccc1Cl. The highest BCUT2D eigenvalue weighted by molar-refractivity contribution is 7.80. The standard InChI is InChI=1S/C15H13ClFNO2S/c1-19-14-7-9(15(18)21)5-6-13(14)20-8-10-11(16)3-2-4-12(10)17/h2-7H,8H2,1H3,(H2,18,21). The second kappa shape index (κ2) is 6.74. The van der Waals surface area contributed by atoms with E-state index in [2.05, 4.69) is 0 Å². The maximum atomic E-state index is 13.7. The Bertz CT molecular complexity index is 658. The first kappa shape index (κ1) is 15.5. The summed E-state index contributed by atoms with van der Waals surface area (Å²) in [6.07, 6.45) is 0. The minimum absolute atomic E-state index is 0.00567. The van der Waals surface area contributed by atoms with Crippen LogP contribution in [0.15, 0.2) is 36.4 Å². The molecule has 2 aromatic carbocycles. The Morgan fingerprint density at radius 1 is 1.29 bits per heavy atom. The van der Waals surface area contributed by atoms with Gasteiger partial charge >= 0.3 is 0 Å². The van der Waals surface area contributed by atoms with Gasteiger partial charge in [-0.3, -0.25) is 0 Å². The zero-order chi connectivity index (χ0) is 15.4. The van der Waals surface area contributed by atoms with Crippen molar-refractivity contribution in [2.24, 2.45) is 5.73 Å². The van der Waals surface area contributed by atoms with Gasteiger partial charge in [0.05, 0.1) is 12.1 Å². The van der Waals surface area contributed by atoms with Crippen LogP contribution < -0.4 is 15.2 Å². The highest BCUT2D eigenvalue weighted by Crippen LogP contribution is 2.30. The molecule has 0 saturated carbocycles. The van der Waals surface area contributed by atoms with Gasteiger partial charge in [-0.1, -0.05) is 29.9 Å². The van der Waals surface area contributed by atoms with Crippen LogP contribution in [-0.2, 0) is 6.61 Å². The molecule has 0 aliphatic rings. The molecule has 3 nitrogen and oxygen atoms in total. The van der Waals surface area contributed by atoms with Gasteiger partial charge in [0.25, 0.3) is 0 Å². The van der Waals surface area contributed by atoms with Crippen LogP contribution in [0, 0.1) is 5.82 Å². The Labute approximate surface area is 132 Å². The van der Waals surface area contributed by atoms with Crippen LogP contribution in [0.3, 0.4) is 0 Å². The first-order valence-electron chi connectivity index (χ1n) is 6.06. The Morgan fingerprint density at radius 2 is 2.05 bits per heavy atom. The van der Waals surface area contributed by atoms with E-state index in [1.54, 1.807) is 30.3 Å². The number of ether oxygens (including phenoxy) is 2. The molecular weight excluding hydrogens is 313 g/mol. The van der Waals surface area contributed by atoms with Crippen molar-refractivity contribution in [2.75, 3.05) is 7.11 Å². The van der Waals surface area contributed by atoms with E-state index in [0.717, 1.165) is 0 Å². The van der Waals surface area contributed by atoms with Gasteiger partial charge < -0.3 is 15.2 Å². The van der Waals surface area contributed by atoms with Gasteiger partial charge in [-0.05, 0) is 30.3 Å². The van der Waals surface area contributed by atoms with Crippen molar-refractivity contribution < 1.29 is 13.9 Å². The molecule has 0 bridgehead atoms. The average molecular weight is 326 g/mol. The summed E-state index contributed by atoms with van der Waals surface area (Å²) in [6.45, 7) is -0.00567. The van der Waals surface area contributed by atoms with Crippen molar-refractivity contribution in [3.63, 3.8) is 0 Å². The van der Waals surface area contributed by atoms with Crippen molar-refractivity contribution in [2.45, 2.75) is 6.61 Å². The molecule has 0 fully saturated rings. The van der Waals surface area contributed by atoms with Crippen LogP contribution in [0.1, 0.15) is 11.1 Å². The number of nitrogens with two attached hydrogens (primary N) is 1. The minimum atomic E-state index is -0.416. The molecule has 0 saturated heterocycles. The predicted octanol–water partition coefficient (Wildman–Crippen LogP) is 3.70. The van der Waals surface area contributed by atoms with E-state index in [1.807, 2.05) is 0 Å². The molecule has 0 aliphatic carbocycles. The molecule has 2 rings (SSSR count). The van der Waals surface area contributed by atoms with E-state index in [1.165, 1.54) is 13.2 Å². The molecule has 2 aromatic rings. The summed E-state index contributed by atoms with van der Waals surface area (Å²) >= 11 is 10.9. The minimum Gasteiger partial charge on any atom is -0.493 e. The van der Waals surface area contributed by atoms with Crippen molar-refractivity contribution in [1.29, 1.82) is 0 Å². The third-order valence-corrected chi connectivity index (χ3v) is 3.47. The van der Waals surface area contributed by atoms with Crippen molar-refractivity contribution >= 4 is 28.8 Å². The number of hydrogen-bond acceptors (Lipinski definition) is 3. The highest BCUT2D eigenvalue weighted by atomic mass is 35.5. The van der Waals surface area contributed by atoms with Gasteiger partial charge in [0.15, 0.2) is 11.5 Å². The van der Waals surface area contributed by atoms with E-state index in [9.17, 15) is 4.39 Å². The van der Waals surface area contributed by atoms with Crippen LogP contribution in [0.2, 0.25) is 5.02 Å². The Hall–Kier alpha value is -1.85. The van der Waals surface area contributed by atoms with Crippen LogP contribution in [0.5, 0.6) is 11.5 Å². The first-order chi connectivity index (χ1) is 10.0. The molecule has 110 valence electrons. The average Bonchev–Trinajstić information content (AvgIpc) is 2.46. The molecule has 0 unspecified atom stereocenters. The lowest BCUT2D eigenvalue weighted by molar-refractivity contribution is 0.280. The topological polar surface area (TPSA) is 44.5 Å². The van der Waals surface area contributed by atoms with Gasteiger partial charge in [0, 0.05) is 11.1 Å². The van der Waals surface area contributed by atoms with E-state index in [0.29, 0.717) is 27.6 Å². The fourth-order valence-electron chi connectivity index (χ4n) is 1.76. The summed E-state index contributed by atoms with van der Waals surface area (Å²) in [5, 5.41) is 0.314. The summed E-state index contributed by atoms with van der Waals surface area (Å²) < 4.78 is 24.5. The number of rotatable bonds is 5. The molecular formula is C15H13ClFNO2S. The summed E-state index contributed by atoms with van der Waals surface area (Å²) in [5.74, 6) is 0.505. The second-order valence-corrected chi connectivity index (χ2v) is 5.07. The van der Waals surface area contributed by atoms with Crippen molar-refractivity contribution in [1.82, 2.24) is 0 Å². The molecule has 0 heterocycles. The van der Waals surface area contributed by atoms with E-state index in [4.69, 9.17) is 39.0 Å². The number of thiocarbonyl (C=S) groups is 1. The lowest BCUT2D eigenvalue weighted by atomic mass is 10.2. The van der Waals surface area contributed by atoms with Gasteiger partial charge in [-0.15, -0.1) is 0 Å². The number of halogens is 2. The van der Waals surface area contributed by atoms with E-state index < -0.39 is 5.82 Å². The third-order valence-electron chi connectivity index (χ3n) is 2.88. The normalized spacial score (nSPS) is 10.2. The van der Waals surface area contributed by atoms with Gasteiger partial charge in [-0.25, -0.2) is 4.39 Å². The molecule has 0 radical (unpaired) electrons. The van der Waals surface area contributed by atoms with Crippen molar-refractivity contribution in [3.05, 3.63) is 58.4 Å². The summed E-state index contributed by atoms with van der Waals surface area (Å²) in [4.78, 5) is 0.261. The number of methoxy groups -OCH3 is 1. The fourth-order valence-corrected chi connectivity index (χ4v) is 2.10. The van der Waals surface area contributed by atoms with Crippen LogP contribution in [0.4, 0.5) is 4.39 Å². The summed E-state index contributed by atoms with van der Waals surface area (Å²) in [5.41, 5.74) is 6.52. The summed E-state index contributed by atoms with van der Waals surface area (Å²) in [7, 11) is 1.50. The zero-order valence-corrected chi connectivity index (χ0v) is 12.8. The molecule has 0 aliphatic heterocycles. The highest BCUT2D eigenvalue weighted by Gasteiger charge is 2.11. The zero-order valence-electron chi connectivity index (χ0n) is 11.2. The van der Waals surface area contributed by atoms with Crippen LogP contribution in [0.25, 0.3) is 0 Å². The van der Waals surface area contributed by atoms with Crippen molar-refractivity contribution in [3.8, 4) is 11.5 Å². The third kappa shape index (κ3) is 3.62. The van der Waals surface area contributed by atoms with Crippen LogP contribution >= 0.6 is 23.8 Å². The Morgan fingerprint density at radius 3 is 2.67 bits per heavy atom. The van der Waals surface area contributed by atoms with E-state index >= 15 is 0 Å². The molecule has 0 spiro atoms. The number of hydrogen-bond donors (Lipinski definition) is 1. The first-order valence-corrected chi connectivity index (χ1v) is 6.85. The molecule has 6 heteroatoms. The number of benzene rings is 2. The largest absolute Gasteiger partial charge is 0.493 e. The Balaban J connectivity index is 2.22. The summed E-state index contributed by atoms with van der Waals surface area (Å²) in [6, 6.07) is 9.53. The molecule has 2 N–H and O–H groups in total. The van der Waals surface area contributed by atoms with E-state index in [-0.39, 0.29) is 11.6 Å².